The fourth-order valence-corrected chi connectivity index (χ4v) is 12.2. The number of ether oxygens (including phenoxy) is 4. The minimum Gasteiger partial charge on any atom is -0.476 e. The summed E-state index contributed by atoms with van der Waals surface area (Å²) in [6, 6.07) is 19.1. The maximum atomic E-state index is 14.1. The number of hydrogen-bond donors (Lipinski definition) is 2. The number of nitro groups is 1. The predicted molar refractivity (Wildman–Crippen MR) is 256 cm³/mol. The van der Waals surface area contributed by atoms with E-state index in [9.17, 15) is 23.3 Å². The summed E-state index contributed by atoms with van der Waals surface area (Å²) in [4.78, 5) is 42.4. The summed E-state index contributed by atoms with van der Waals surface area (Å²) in [5.74, 6) is -0.263. The number of nitrogens with one attached hydrogen (secondary N) is 2. The van der Waals surface area contributed by atoms with Crippen LogP contribution in [0, 0.1) is 26.9 Å². The fraction of sp³-hybridized carbons (Fsp3) is 0.510. The average Bonchev–Trinajstić information content (AvgIpc) is 3.79. The first-order valence-electron chi connectivity index (χ1n) is 24.1. The number of fused-ring (bicyclic) bond motifs is 2. The molecule has 2 aliphatic carbocycles. The van der Waals surface area contributed by atoms with Gasteiger partial charge >= 0.3 is 5.69 Å². The van der Waals surface area contributed by atoms with Gasteiger partial charge in [0.15, 0.2) is 5.03 Å². The van der Waals surface area contributed by atoms with Gasteiger partial charge in [0.1, 0.15) is 29.9 Å². The molecule has 1 amide bonds. The van der Waals surface area contributed by atoms with E-state index in [0.717, 1.165) is 94.7 Å². The van der Waals surface area contributed by atoms with E-state index in [2.05, 4.69) is 81.4 Å². The molecule has 17 heteroatoms. The predicted octanol–water partition coefficient (Wildman–Crippen LogP) is 9.47. The maximum Gasteiger partial charge on any atom is 0.319 e. The molecule has 2 saturated carbocycles. The molecule has 1 spiro atoms. The van der Waals surface area contributed by atoms with Crippen LogP contribution in [-0.4, -0.2) is 90.7 Å². The summed E-state index contributed by atoms with van der Waals surface area (Å²) in [5.41, 5.74) is 4.10. The summed E-state index contributed by atoms with van der Waals surface area (Å²) in [6.07, 6.45) is 12.0. The molecule has 0 unspecified atom stereocenters. The number of sulfonamides is 1. The second-order valence-corrected chi connectivity index (χ2v) is 22.4. The SMILES string of the molecule is CC(C)c1ccccc1[C@@H]1COCCN1C1CC2(CCN(c3ccc(C(=O)NS(=O)(=O)c4cc([N+](=O)[O-])c5c(n4)OC[C@H](CC4CCC(C)(C)CC4)O5)c(Oc4cnc5[nH]ccc5c4)c3)CC2)C1. The van der Waals surface area contributed by atoms with Crippen LogP contribution in [0.2, 0.25) is 0 Å². The van der Waals surface area contributed by atoms with Gasteiger partial charge in [0.05, 0.1) is 42.0 Å². The summed E-state index contributed by atoms with van der Waals surface area (Å²) < 4.78 is 54.3. The zero-order chi connectivity index (χ0) is 47.4. The van der Waals surface area contributed by atoms with Crippen molar-refractivity contribution in [3.8, 4) is 23.1 Å². The molecule has 0 radical (unpaired) electrons. The summed E-state index contributed by atoms with van der Waals surface area (Å²) in [7, 11) is -4.78. The molecule has 68 heavy (non-hydrogen) atoms. The molecule has 4 fully saturated rings. The molecule has 2 N–H and O–H groups in total. The number of morpholine rings is 1. The molecule has 3 aliphatic heterocycles. The molecule has 5 aliphatic rings. The van der Waals surface area contributed by atoms with Gasteiger partial charge in [-0.3, -0.25) is 19.8 Å². The maximum absolute atomic E-state index is 14.1. The molecule has 0 bridgehead atoms. The highest BCUT2D eigenvalue weighted by molar-refractivity contribution is 7.90. The monoisotopic (exact) mass is 947 g/mol. The van der Waals surface area contributed by atoms with Crippen LogP contribution in [0.25, 0.3) is 11.0 Å². The summed E-state index contributed by atoms with van der Waals surface area (Å²) in [6.45, 7) is 13.1. The smallest absolute Gasteiger partial charge is 0.319 e. The molecule has 3 aromatic heterocycles. The van der Waals surface area contributed by atoms with E-state index in [4.69, 9.17) is 18.9 Å². The van der Waals surface area contributed by atoms with Gasteiger partial charge in [-0.1, -0.05) is 52.0 Å². The molecule has 5 aromatic rings. The molecule has 2 atom stereocenters. The molecule has 360 valence electrons. The van der Waals surface area contributed by atoms with E-state index >= 15 is 0 Å². The van der Waals surface area contributed by atoms with Crippen LogP contribution in [0.1, 0.15) is 119 Å². The van der Waals surface area contributed by atoms with Crippen LogP contribution in [-0.2, 0) is 14.8 Å². The first kappa shape index (κ1) is 46.0. The Labute approximate surface area is 397 Å². The number of aromatic amines is 1. The van der Waals surface area contributed by atoms with Gasteiger partial charge in [0.2, 0.25) is 0 Å². The lowest BCUT2D eigenvalue weighted by atomic mass is 9.59. The van der Waals surface area contributed by atoms with E-state index in [1.54, 1.807) is 30.5 Å². The van der Waals surface area contributed by atoms with E-state index in [0.29, 0.717) is 42.3 Å². The minimum atomic E-state index is -4.78. The Morgan fingerprint density at radius 3 is 2.56 bits per heavy atom. The van der Waals surface area contributed by atoms with Gasteiger partial charge in [-0.15, -0.1) is 0 Å². The minimum absolute atomic E-state index is 0.0603. The van der Waals surface area contributed by atoms with E-state index in [1.807, 2.05) is 6.07 Å². The Hall–Kier alpha value is -5.78. The average molecular weight is 948 g/mol. The van der Waals surface area contributed by atoms with Gasteiger partial charge in [-0.25, -0.2) is 9.71 Å². The van der Waals surface area contributed by atoms with Gasteiger partial charge in [0.25, 0.3) is 27.6 Å². The Morgan fingerprint density at radius 2 is 1.79 bits per heavy atom. The van der Waals surface area contributed by atoms with E-state index in [-0.39, 0.29) is 46.4 Å². The highest BCUT2D eigenvalue weighted by atomic mass is 32.2. The third-order valence-corrected chi connectivity index (χ3v) is 16.5. The first-order valence-corrected chi connectivity index (χ1v) is 25.6. The molecular weight excluding hydrogens is 887 g/mol. The highest BCUT2D eigenvalue weighted by Crippen LogP contribution is 2.53. The first-order chi connectivity index (χ1) is 32.6. The highest BCUT2D eigenvalue weighted by Gasteiger charge is 2.50. The van der Waals surface area contributed by atoms with E-state index in [1.165, 1.54) is 17.3 Å². The standard InChI is InChI=1S/C51H61N7O9S/c1-32(2)39-7-5-6-8-40(39)43-31-64-22-21-57(43)36-27-51(28-36)16-19-56(20-17-51)35-9-10-41(44(25-35)66-37-24-34-13-18-52-47(34)53-29-37)48(59)55-68(62,63)45-26-42(58(60)61)46-49(54-45)65-30-38(67-46)23-33-11-14-50(3,4)15-12-33/h5-10,13,18,24-26,29,32-33,36,38,43H,11-12,14-17,19-23,27-28,30-31H2,1-4H3,(H,52,53)(H,55,59)/t38-,43-/m0/s1. The molecule has 10 rings (SSSR count). The number of amides is 1. The normalized spacial score (nSPS) is 22.0. The van der Waals surface area contributed by atoms with Crippen molar-refractivity contribution < 1.29 is 37.1 Å². The lowest BCUT2D eigenvalue weighted by Gasteiger charge is -2.57. The van der Waals surface area contributed by atoms with E-state index < -0.39 is 37.7 Å². The molecule has 16 nitrogen and oxygen atoms in total. The number of carbonyl (C=O) groups is 1. The largest absolute Gasteiger partial charge is 0.476 e. The number of pyridine rings is 2. The number of rotatable bonds is 12. The van der Waals surface area contributed by atoms with Crippen LogP contribution in [0.5, 0.6) is 23.1 Å². The topological polar surface area (TPSA) is 191 Å². The third kappa shape index (κ3) is 9.36. The molecule has 2 saturated heterocycles. The number of carbonyl (C=O) groups excluding carboxylic acids is 1. The number of aromatic nitrogens is 3. The second kappa shape index (κ2) is 18.3. The van der Waals surface area contributed by atoms with Crippen molar-refractivity contribution in [2.24, 2.45) is 16.7 Å². The lowest BCUT2D eigenvalue weighted by Crippen LogP contribution is -2.58. The molecule has 6 heterocycles. The second-order valence-electron chi connectivity index (χ2n) is 20.7. The van der Waals surface area contributed by atoms with Gasteiger partial charge < -0.3 is 28.8 Å². The molecular formula is C51H61N7O9S. The Kier molecular flexibility index (Phi) is 12.4. The van der Waals surface area contributed by atoms with Crippen molar-refractivity contribution >= 4 is 38.3 Å². The van der Waals surface area contributed by atoms with Crippen molar-refractivity contribution in [3.05, 3.63) is 99.9 Å². The Morgan fingerprint density at radius 1 is 1.01 bits per heavy atom. The van der Waals surface area contributed by atoms with Crippen molar-refractivity contribution in [3.63, 3.8) is 0 Å². The zero-order valence-electron chi connectivity index (χ0n) is 39.2. The van der Waals surface area contributed by atoms with Crippen molar-refractivity contribution in [1.82, 2.24) is 24.6 Å². The number of piperidine rings is 1. The number of H-pyrrole nitrogens is 1. The van der Waals surface area contributed by atoms with Crippen LogP contribution in [0.3, 0.4) is 0 Å². The lowest BCUT2D eigenvalue weighted by molar-refractivity contribution is -0.386. The van der Waals surface area contributed by atoms with Crippen LogP contribution in [0.15, 0.2) is 78.1 Å². The number of benzene rings is 2. The van der Waals surface area contributed by atoms with Crippen molar-refractivity contribution in [2.75, 3.05) is 44.4 Å². The quantitative estimate of drug-likeness (QED) is 0.0889. The van der Waals surface area contributed by atoms with Crippen molar-refractivity contribution in [1.29, 1.82) is 0 Å². The summed E-state index contributed by atoms with van der Waals surface area (Å²) in [5, 5.41) is 12.4. The van der Waals surface area contributed by atoms with Gasteiger partial charge in [-0.05, 0) is 116 Å². The zero-order valence-corrected chi connectivity index (χ0v) is 40.1. The van der Waals surface area contributed by atoms with Crippen LogP contribution >= 0.6 is 0 Å². The van der Waals surface area contributed by atoms with Gasteiger partial charge in [0, 0.05) is 49.0 Å². The number of nitrogens with zero attached hydrogens (tertiary/aromatic N) is 5. The summed E-state index contributed by atoms with van der Waals surface area (Å²) >= 11 is 0. The third-order valence-electron chi connectivity index (χ3n) is 15.3. The Balaban J connectivity index is 0.847. The number of anilines is 1. The van der Waals surface area contributed by atoms with Crippen molar-refractivity contribution in [2.45, 2.75) is 115 Å². The Bertz CT molecular complexity index is 2810. The fourth-order valence-electron chi connectivity index (χ4n) is 11.3. The molecule has 2 aromatic carbocycles. The van der Waals surface area contributed by atoms with Gasteiger partial charge in [-0.2, -0.15) is 13.4 Å². The van der Waals surface area contributed by atoms with Crippen LogP contribution in [0.4, 0.5) is 11.4 Å². The van der Waals surface area contributed by atoms with Crippen LogP contribution < -0.4 is 23.8 Å². The number of hydrogen-bond acceptors (Lipinski definition) is 13.